The number of ether oxygens (including phenoxy) is 1. The number of likely N-dealkylation sites (tertiary alicyclic amines) is 1. The summed E-state index contributed by atoms with van der Waals surface area (Å²) in [6, 6.07) is 15.5. The highest BCUT2D eigenvalue weighted by atomic mass is 16.5. The van der Waals surface area contributed by atoms with Gasteiger partial charge in [-0.2, -0.15) is 0 Å². The van der Waals surface area contributed by atoms with Crippen molar-refractivity contribution in [3.05, 3.63) is 71.4 Å². The number of rotatable bonds is 5. The average Bonchev–Trinajstić information content (AvgIpc) is 3.19. The number of carbonyl (C=O) groups excluding carboxylic acids is 2. The first-order valence-corrected chi connectivity index (χ1v) is 12.2. The van der Waals surface area contributed by atoms with E-state index in [-0.39, 0.29) is 11.8 Å². The molecule has 0 unspecified atom stereocenters. The minimum absolute atomic E-state index is 0.0399. The Kier molecular flexibility index (Phi) is 6.17. The maximum atomic E-state index is 14.2. The molecule has 0 radical (unpaired) electrons. The monoisotopic (exact) mass is 459 g/mol. The Morgan fingerprint density at radius 2 is 1.74 bits per heavy atom. The van der Waals surface area contributed by atoms with Crippen molar-refractivity contribution in [2.45, 2.75) is 31.7 Å². The van der Waals surface area contributed by atoms with E-state index in [2.05, 4.69) is 29.8 Å². The van der Waals surface area contributed by atoms with Crippen LogP contribution in [0.3, 0.4) is 0 Å². The Hall–Kier alpha value is -3.12. The first-order valence-electron chi connectivity index (χ1n) is 12.2. The zero-order chi connectivity index (χ0) is 23.8. The number of amides is 2. The first kappa shape index (κ1) is 22.7. The lowest BCUT2D eigenvalue weighted by atomic mass is 9.78. The van der Waals surface area contributed by atoms with Gasteiger partial charge in [-0.05, 0) is 36.5 Å². The van der Waals surface area contributed by atoms with E-state index in [0.717, 1.165) is 48.0 Å². The topological polar surface area (TPSA) is 54.8 Å². The number of fused-ring (bicyclic) bond motifs is 2. The third-order valence-corrected chi connectivity index (χ3v) is 7.58. The number of benzene rings is 2. The zero-order valence-corrected chi connectivity index (χ0v) is 20.2. The molecule has 1 aromatic heterocycles. The summed E-state index contributed by atoms with van der Waals surface area (Å²) in [5, 5.41) is 1.08. The molecule has 0 aliphatic carbocycles. The van der Waals surface area contributed by atoms with E-state index in [1.807, 2.05) is 53.2 Å². The van der Waals surface area contributed by atoms with E-state index >= 15 is 0 Å². The molecule has 6 heteroatoms. The number of para-hydroxylation sites is 1. The maximum Gasteiger partial charge on any atom is 0.254 e. The molecular formula is C28H33N3O3. The van der Waals surface area contributed by atoms with Gasteiger partial charge < -0.3 is 19.1 Å². The number of carbonyl (C=O) groups is 2. The molecule has 0 spiro atoms. The fraction of sp³-hybridized carbons (Fsp3) is 0.429. The van der Waals surface area contributed by atoms with Gasteiger partial charge in [0.25, 0.3) is 5.91 Å². The van der Waals surface area contributed by atoms with E-state index < -0.39 is 12.0 Å². The third-order valence-electron chi connectivity index (χ3n) is 7.58. The Bertz CT molecular complexity index is 1210. The highest BCUT2D eigenvalue weighted by Crippen LogP contribution is 2.46. The summed E-state index contributed by atoms with van der Waals surface area (Å²) in [5.41, 5.74) is 3.57. The molecule has 2 atom stereocenters. The number of piperidine rings is 1. The second-order valence-corrected chi connectivity index (χ2v) is 9.72. The molecule has 178 valence electrons. The maximum absolute atomic E-state index is 14.2. The first-order chi connectivity index (χ1) is 16.5. The minimum Gasteiger partial charge on any atom is -0.383 e. The highest BCUT2D eigenvalue weighted by molar-refractivity contribution is 6.02. The number of aryl methyl sites for hydroxylation is 1. The molecule has 0 N–H and O–H groups in total. The molecule has 2 aliphatic heterocycles. The number of aromatic nitrogens is 1. The van der Waals surface area contributed by atoms with Gasteiger partial charge in [0.15, 0.2) is 0 Å². The van der Waals surface area contributed by atoms with Crippen molar-refractivity contribution >= 4 is 22.7 Å². The molecule has 1 fully saturated rings. The molecule has 1 saturated heterocycles. The summed E-state index contributed by atoms with van der Waals surface area (Å²) in [4.78, 5) is 31.9. The van der Waals surface area contributed by atoms with Crippen LogP contribution < -0.4 is 0 Å². The molecular weight excluding hydrogens is 426 g/mol. The molecule has 0 saturated carbocycles. The molecule has 2 aliphatic rings. The average molecular weight is 460 g/mol. The number of hydrogen-bond donors (Lipinski definition) is 0. The Balaban J connectivity index is 1.69. The Labute approximate surface area is 201 Å². The second kappa shape index (κ2) is 9.26. The van der Waals surface area contributed by atoms with Crippen LogP contribution >= 0.6 is 0 Å². The molecule has 3 aromatic rings. The second-order valence-electron chi connectivity index (χ2n) is 9.72. The van der Waals surface area contributed by atoms with Crippen LogP contribution in [0.2, 0.25) is 0 Å². The largest absolute Gasteiger partial charge is 0.383 e. The predicted octanol–water partition coefficient (Wildman–Crippen LogP) is 4.36. The van der Waals surface area contributed by atoms with Crippen molar-refractivity contribution in [2.24, 2.45) is 13.0 Å². The lowest BCUT2D eigenvalue weighted by Gasteiger charge is -2.44. The molecule has 2 aromatic carbocycles. The van der Waals surface area contributed by atoms with Gasteiger partial charge in [-0.25, -0.2) is 0 Å². The lowest BCUT2D eigenvalue weighted by Crippen LogP contribution is -2.50. The van der Waals surface area contributed by atoms with Crippen LogP contribution in [0.4, 0.5) is 0 Å². The van der Waals surface area contributed by atoms with E-state index in [1.54, 1.807) is 7.11 Å². The number of hydrogen-bond acceptors (Lipinski definition) is 3. The van der Waals surface area contributed by atoms with Gasteiger partial charge in [0.05, 0.1) is 18.6 Å². The minimum atomic E-state index is -0.454. The van der Waals surface area contributed by atoms with Crippen LogP contribution in [-0.4, -0.2) is 59.5 Å². The van der Waals surface area contributed by atoms with Crippen molar-refractivity contribution in [3.8, 4) is 0 Å². The fourth-order valence-corrected chi connectivity index (χ4v) is 5.67. The summed E-state index contributed by atoms with van der Waals surface area (Å²) in [5.74, 6) is 0.260. The van der Waals surface area contributed by atoms with Crippen molar-refractivity contribution in [2.75, 3.05) is 33.4 Å². The summed E-state index contributed by atoms with van der Waals surface area (Å²) in [6.45, 7) is 4.64. The van der Waals surface area contributed by atoms with Crippen molar-refractivity contribution in [1.29, 1.82) is 0 Å². The van der Waals surface area contributed by atoms with Gasteiger partial charge in [-0.3, -0.25) is 9.59 Å². The molecule has 0 bridgehead atoms. The van der Waals surface area contributed by atoms with E-state index in [1.165, 1.54) is 0 Å². The van der Waals surface area contributed by atoms with Crippen LogP contribution in [0.1, 0.15) is 53.2 Å². The van der Waals surface area contributed by atoms with Gasteiger partial charge in [0.1, 0.15) is 0 Å². The summed E-state index contributed by atoms with van der Waals surface area (Å²) in [7, 11) is 3.67. The van der Waals surface area contributed by atoms with Gasteiger partial charge >= 0.3 is 0 Å². The number of methoxy groups -OCH3 is 1. The zero-order valence-electron chi connectivity index (χ0n) is 20.2. The number of nitrogens with zero attached hydrogens (tertiary/aromatic N) is 3. The normalized spacial score (nSPS) is 21.2. The van der Waals surface area contributed by atoms with E-state index in [0.29, 0.717) is 24.6 Å². The molecule has 6 nitrogen and oxygen atoms in total. The lowest BCUT2D eigenvalue weighted by molar-refractivity contribution is -0.136. The molecule has 3 heterocycles. The van der Waals surface area contributed by atoms with Crippen LogP contribution in [-0.2, 0) is 16.6 Å². The van der Waals surface area contributed by atoms with Crippen LogP contribution in [0, 0.1) is 5.92 Å². The third kappa shape index (κ3) is 3.80. The van der Waals surface area contributed by atoms with Crippen molar-refractivity contribution < 1.29 is 14.3 Å². The Morgan fingerprint density at radius 3 is 2.50 bits per heavy atom. The Morgan fingerprint density at radius 1 is 1.03 bits per heavy atom. The van der Waals surface area contributed by atoms with Gasteiger partial charge in [0, 0.05) is 62.0 Å². The molecule has 2 amide bonds. The van der Waals surface area contributed by atoms with Crippen LogP contribution in [0.5, 0.6) is 0 Å². The van der Waals surface area contributed by atoms with E-state index in [9.17, 15) is 9.59 Å². The quantitative estimate of drug-likeness (QED) is 0.570. The standard InChI is InChI=1S/C28H33N3O3/c1-19-12-14-30(15-13-19)28(33)25-21-9-4-5-10-22(21)27(32)31(16-17-34-3)26(25)23-18-29(2)24-11-7-6-8-20(23)24/h4-11,18-19,25-26H,12-17H2,1-3H3/t25-,26-/m0/s1. The van der Waals surface area contributed by atoms with Crippen molar-refractivity contribution in [3.63, 3.8) is 0 Å². The smallest absolute Gasteiger partial charge is 0.254 e. The van der Waals surface area contributed by atoms with Gasteiger partial charge in [0.2, 0.25) is 5.91 Å². The summed E-state index contributed by atoms with van der Waals surface area (Å²) >= 11 is 0. The van der Waals surface area contributed by atoms with Gasteiger partial charge in [-0.1, -0.05) is 43.3 Å². The van der Waals surface area contributed by atoms with Gasteiger partial charge in [-0.15, -0.1) is 0 Å². The summed E-state index contributed by atoms with van der Waals surface area (Å²) < 4.78 is 7.48. The fourth-order valence-electron chi connectivity index (χ4n) is 5.67. The van der Waals surface area contributed by atoms with Crippen molar-refractivity contribution in [1.82, 2.24) is 14.4 Å². The molecule has 5 rings (SSSR count). The van der Waals surface area contributed by atoms with Crippen LogP contribution in [0.25, 0.3) is 10.9 Å². The summed E-state index contributed by atoms with van der Waals surface area (Å²) in [6.07, 6.45) is 4.13. The molecule has 34 heavy (non-hydrogen) atoms. The predicted molar refractivity (Wildman–Crippen MR) is 133 cm³/mol. The van der Waals surface area contributed by atoms with E-state index in [4.69, 9.17) is 4.74 Å². The SMILES string of the molecule is COCCN1C(=O)c2ccccc2[C@H](C(=O)N2CCC(C)CC2)[C@@H]1c1cn(C)c2ccccc12. The highest BCUT2D eigenvalue weighted by Gasteiger charge is 2.46. The van der Waals surface area contributed by atoms with Crippen LogP contribution in [0.15, 0.2) is 54.7 Å².